The Labute approximate surface area is 66.9 Å². The second-order valence-corrected chi connectivity index (χ2v) is 2.83. The number of hydrogen-bond donors (Lipinski definition) is 0. The fraction of sp³-hybridized carbons (Fsp3) is 1.00. The van der Waals surface area contributed by atoms with Crippen LogP contribution in [0.25, 0.3) is 0 Å². The summed E-state index contributed by atoms with van der Waals surface area (Å²) in [4.78, 5) is 0. The first-order valence-corrected chi connectivity index (χ1v) is 4.27. The maximum absolute atomic E-state index is 11.9. The predicted octanol–water partition coefficient (Wildman–Crippen LogP) is 3.36. The van der Waals surface area contributed by atoms with E-state index < -0.39 is 12.1 Å². The zero-order valence-electron chi connectivity index (χ0n) is 5.71. The number of hydrogen-bond acceptors (Lipinski definition) is 0. The highest BCUT2D eigenvalue weighted by molar-refractivity contribution is 9.09. The maximum Gasteiger partial charge on any atom is 0.392 e. The average molecular weight is 219 g/mol. The van der Waals surface area contributed by atoms with Crippen LogP contribution in [-0.4, -0.2) is 11.5 Å². The Bertz CT molecular complexity index is 89.5. The Hall–Kier alpha value is 0.270. The minimum absolute atomic E-state index is 0.0182. The number of rotatable bonds is 3. The van der Waals surface area contributed by atoms with Crippen molar-refractivity contribution in [3.8, 4) is 0 Å². The van der Waals surface area contributed by atoms with Gasteiger partial charge in [-0.25, -0.2) is 0 Å². The molecule has 0 aromatic carbocycles. The minimum Gasteiger partial charge on any atom is -0.171 e. The molecule has 1 unspecified atom stereocenters. The topological polar surface area (TPSA) is 0 Å². The molecule has 0 rings (SSSR count). The van der Waals surface area contributed by atoms with Crippen molar-refractivity contribution in [3.05, 3.63) is 0 Å². The van der Waals surface area contributed by atoms with Gasteiger partial charge < -0.3 is 0 Å². The predicted molar refractivity (Wildman–Crippen MR) is 38.2 cm³/mol. The summed E-state index contributed by atoms with van der Waals surface area (Å²) in [7, 11) is 0. The van der Waals surface area contributed by atoms with E-state index >= 15 is 0 Å². The van der Waals surface area contributed by atoms with E-state index in [2.05, 4.69) is 15.9 Å². The molecule has 62 valence electrons. The number of alkyl halides is 4. The first kappa shape index (κ1) is 10.3. The second-order valence-electron chi connectivity index (χ2n) is 2.18. The van der Waals surface area contributed by atoms with Gasteiger partial charge in [-0.2, -0.15) is 13.2 Å². The van der Waals surface area contributed by atoms with E-state index in [0.29, 0.717) is 6.42 Å². The van der Waals surface area contributed by atoms with Crippen molar-refractivity contribution in [1.29, 1.82) is 0 Å². The van der Waals surface area contributed by atoms with Crippen LogP contribution in [-0.2, 0) is 0 Å². The van der Waals surface area contributed by atoms with Crippen LogP contribution in [0.1, 0.15) is 19.8 Å². The summed E-state index contributed by atoms with van der Waals surface area (Å²) >= 11 is 2.83. The lowest BCUT2D eigenvalue weighted by atomic mass is 10.1. The van der Waals surface area contributed by atoms with Crippen LogP contribution in [0.5, 0.6) is 0 Å². The molecule has 0 fully saturated rings. The average Bonchev–Trinajstić information content (AvgIpc) is 1.80. The van der Waals surface area contributed by atoms with Crippen molar-refractivity contribution in [1.82, 2.24) is 0 Å². The Morgan fingerprint density at radius 3 is 2.00 bits per heavy atom. The Balaban J connectivity index is 3.81. The Morgan fingerprint density at radius 1 is 1.40 bits per heavy atom. The largest absolute Gasteiger partial charge is 0.392 e. The molecule has 0 heterocycles. The quantitative estimate of drug-likeness (QED) is 0.638. The van der Waals surface area contributed by atoms with E-state index in [4.69, 9.17) is 0 Å². The van der Waals surface area contributed by atoms with Crippen LogP contribution in [0, 0.1) is 5.92 Å². The molecule has 4 heteroatoms. The smallest absolute Gasteiger partial charge is 0.171 e. The highest BCUT2D eigenvalue weighted by Crippen LogP contribution is 2.30. The second kappa shape index (κ2) is 4.21. The van der Waals surface area contributed by atoms with Crippen LogP contribution in [0.15, 0.2) is 0 Å². The monoisotopic (exact) mass is 218 g/mol. The van der Waals surface area contributed by atoms with Crippen molar-refractivity contribution < 1.29 is 13.2 Å². The molecule has 0 N–H and O–H groups in total. The fourth-order valence-corrected chi connectivity index (χ4v) is 1.37. The van der Waals surface area contributed by atoms with Gasteiger partial charge in [0.05, 0.1) is 5.92 Å². The molecule has 0 aliphatic carbocycles. The zero-order chi connectivity index (χ0) is 8.20. The summed E-state index contributed by atoms with van der Waals surface area (Å²) in [6.07, 6.45) is -3.23. The van der Waals surface area contributed by atoms with Crippen LogP contribution in [0.4, 0.5) is 13.2 Å². The van der Waals surface area contributed by atoms with Gasteiger partial charge in [-0.1, -0.05) is 29.3 Å². The van der Waals surface area contributed by atoms with Crippen molar-refractivity contribution in [3.63, 3.8) is 0 Å². The van der Waals surface area contributed by atoms with Gasteiger partial charge >= 0.3 is 6.18 Å². The molecule has 0 bridgehead atoms. The molecule has 0 aromatic rings. The molecular formula is C6H10BrF3. The van der Waals surface area contributed by atoms with Crippen molar-refractivity contribution in [2.75, 3.05) is 5.33 Å². The van der Waals surface area contributed by atoms with Crippen LogP contribution in [0.2, 0.25) is 0 Å². The molecule has 0 aromatic heterocycles. The molecule has 0 amide bonds. The summed E-state index contributed by atoms with van der Waals surface area (Å²) in [5, 5.41) is 0.0182. The zero-order valence-corrected chi connectivity index (χ0v) is 7.30. The van der Waals surface area contributed by atoms with Crippen LogP contribution >= 0.6 is 15.9 Å². The van der Waals surface area contributed by atoms with Gasteiger partial charge in [0.2, 0.25) is 0 Å². The summed E-state index contributed by atoms with van der Waals surface area (Å²) in [6.45, 7) is 1.75. The lowest BCUT2D eigenvalue weighted by Gasteiger charge is -2.16. The summed E-state index contributed by atoms with van der Waals surface area (Å²) in [5.41, 5.74) is 0. The van der Waals surface area contributed by atoms with Gasteiger partial charge in [-0.15, -0.1) is 0 Å². The first-order valence-electron chi connectivity index (χ1n) is 3.15. The van der Waals surface area contributed by atoms with E-state index in [1.165, 1.54) is 0 Å². The molecule has 0 aliphatic heterocycles. The van der Waals surface area contributed by atoms with Gasteiger partial charge in [0.1, 0.15) is 0 Å². The lowest BCUT2D eigenvalue weighted by Crippen LogP contribution is -2.23. The van der Waals surface area contributed by atoms with E-state index in [1.54, 1.807) is 6.92 Å². The summed E-state index contributed by atoms with van der Waals surface area (Å²) in [6, 6.07) is 0. The van der Waals surface area contributed by atoms with E-state index in [9.17, 15) is 13.2 Å². The van der Waals surface area contributed by atoms with Gasteiger partial charge in [-0.05, 0) is 6.42 Å². The third-order valence-corrected chi connectivity index (χ3v) is 2.07. The highest BCUT2D eigenvalue weighted by Gasteiger charge is 2.37. The van der Waals surface area contributed by atoms with Gasteiger partial charge in [-0.3, -0.25) is 0 Å². The molecule has 0 spiro atoms. The highest BCUT2D eigenvalue weighted by atomic mass is 79.9. The van der Waals surface area contributed by atoms with E-state index in [0.717, 1.165) is 0 Å². The number of halogens is 4. The molecule has 0 aliphatic rings. The van der Waals surface area contributed by atoms with Crippen molar-refractivity contribution >= 4 is 15.9 Å². The van der Waals surface area contributed by atoms with Crippen LogP contribution in [0.3, 0.4) is 0 Å². The van der Waals surface area contributed by atoms with Crippen LogP contribution < -0.4 is 0 Å². The van der Waals surface area contributed by atoms with Gasteiger partial charge in [0.15, 0.2) is 0 Å². The molecule has 10 heavy (non-hydrogen) atoms. The van der Waals surface area contributed by atoms with E-state index in [-0.39, 0.29) is 11.8 Å². The third-order valence-electron chi connectivity index (χ3n) is 1.29. The maximum atomic E-state index is 11.9. The van der Waals surface area contributed by atoms with Crippen molar-refractivity contribution in [2.45, 2.75) is 25.9 Å². The first-order chi connectivity index (χ1) is 4.52. The molecule has 0 nitrogen and oxygen atoms in total. The molecule has 0 saturated heterocycles. The van der Waals surface area contributed by atoms with Gasteiger partial charge in [0, 0.05) is 5.33 Å². The molecule has 0 radical (unpaired) electrons. The van der Waals surface area contributed by atoms with E-state index in [1.807, 2.05) is 0 Å². The molecule has 0 saturated carbocycles. The van der Waals surface area contributed by atoms with Gasteiger partial charge in [0.25, 0.3) is 0 Å². The normalized spacial score (nSPS) is 15.3. The third kappa shape index (κ3) is 3.44. The fourth-order valence-electron chi connectivity index (χ4n) is 0.677. The van der Waals surface area contributed by atoms with Crippen molar-refractivity contribution in [2.24, 2.45) is 5.92 Å². The summed E-state index contributed by atoms with van der Waals surface area (Å²) < 4.78 is 35.6. The summed E-state index contributed by atoms with van der Waals surface area (Å²) in [5.74, 6) is -1.17. The molecular weight excluding hydrogens is 209 g/mol. The SMILES string of the molecule is CCCC(CBr)C(F)(F)F. The molecule has 1 atom stereocenters. The Morgan fingerprint density at radius 2 is 1.90 bits per heavy atom. The Kier molecular flexibility index (Phi) is 4.32. The standard InChI is InChI=1S/C6H10BrF3/c1-2-3-5(4-7)6(8,9)10/h5H,2-4H2,1H3. The minimum atomic E-state index is -4.03. The lowest BCUT2D eigenvalue weighted by molar-refractivity contribution is -0.169.